The fraction of sp³-hybridized carbons (Fsp3) is 0.474. The first-order valence-electron chi connectivity index (χ1n) is 8.97. The van der Waals surface area contributed by atoms with E-state index in [1.165, 1.54) is 0 Å². The van der Waals surface area contributed by atoms with E-state index in [0.29, 0.717) is 24.3 Å². The number of methoxy groups -OCH3 is 1. The molecule has 1 amide bonds. The lowest BCUT2D eigenvalue weighted by Gasteiger charge is -2.18. The minimum Gasteiger partial charge on any atom is -0.496 e. The van der Waals surface area contributed by atoms with Crippen LogP contribution in [0.4, 0.5) is 0 Å². The molecule has 2 aromatic rings. The van der Waals surface area contributed by atoms with Crippen molar-refractivity contribution in [1.29, 1.82) is 0 Å². The van der Waals surface area contributed by atoms with Crippen LogP contribution in [0.3, 0.4) is 0 Å². The molecule has 0 spiro atoms. The Morgan fingerprint density at radius 2 is 2.11 bits per heavy atom. The highest BCUT2D eigenvalue weighted by Crippen LogP contribution is 2.28. The van der Waals surface area contributed by atoms with Crippen LogP contribution in [-0.4, -0.2) is 54.7 Å². The number of aromatic nitrogens is 2. The standard InChI is InChI=1S/C19H24BrN3O4S/c1-12-16(13(2)23(21-12)15-7-8-28(25,26)11-15)10-22(3)19(24)14-5-6-18(27-4)17(20)9-14/h5-6,9,15H,7-8,10-11H2,1-4H3/t15-/m0/s1. The number of nitrogens with zero attached hydrogens (tertiary/aromatic N) is 3. The Kier molecular flexibility index (Phi) is 5.86. The smallest absolute Gasteiger partial charge is 0.253 e. The molecule has 1 fully saturated rings. The van der Waals surface area contributed by atoms with Gasteiger partial charge in [-0.25, -0.2) is 8.42 Å². The zero-order valence-electron chi connectivity index (χ0n) is 16.4. The van der Waals surface area contributed by atoms with Crippen molar-refractivity contribution >= 4 is 31.7 Å². The van der Waals surface area contributed by atoms with Gasteiger partial charge in [0.2, 0.25) is 0 Å². The highest BCUT2D eigenvalue weighted by Gasteiger charge is 2.31. The van der Waals surface area contributed by atoms with Crippen LogP contribution in [-0.2, 0) is 16.4 Å². The summed E-state index contributed by atoms with van der Waals surface area (Å²) in [6.07, 6.45) is 0.582. The van der Waals surface area contributed by atoms with Crippen LogP contribution in [0, 0.1) is 13.8 Å². The van der Waals surface area contributed by atoms with E-state index in [0.717, 1.165) is 21.4 Å². The zero-order chi connectivity index (χ0) is 20.6. The number of halogens is 1. The average Bonchev–Trinajstić information content (AvgIpc) is 3.14. The van der Waals surface area contributed by atoms with Crippen LogP contribution in [0.1, 0.15) is 39.8 Å². The number of benzene rings is 1. The summed E-state index contributed by atoms with van der Waals surface area (Å²) in [7, 11) is 0.336. The number of aryl methyl sites for hydroxylation is 1. The van der Waals surface area contributed by atoms with Crippen LogP contribution >= 0.6 is 15.9 Å². The lowest BCUT2D eigenvalue weighted by atomic mass is 10.1. The molecular weight excluding hydrogens is 446 g/mol. The topological polar surface area (TPSA) is 81.5 Å². The summed E-state index contributed by atoms with van der Waals surface area (Å²) in [5.41, 5.74) is 3.24. The van der Waals surface area contributed by atoms with Crippen molar-refractivity contribution < 1.29 is 17.9 Å². The lowest BCUT2D eigenvalue weighted by molar-refractivity contribution is 0.0784. The van der Waals surface area contributed by atoms with Crippen molar-refractivity contribution in [3.8, 4) is 5.75 Å². The van der Waals surface area contributed by atoms with Gasteiger partial charge in [-0.3, -0.25) is 9.48 Å². The highest BCUT2D eigenvalue weighted by atomic mass is 79.9. The molecule has 3 rings (SSSR count). The predicted octanol–water partition coefficient (Wildman–Crippen LogP) is 2.90. The molecule has 0 N–H and O–H groups in total. The van der Waals surface area contributed by atoms with Gasteiger partial charge in [-0.2, -0.15) is 5.10 Å². The Morgan fingerprint density at radius 1 is 1.39 bits per heavy atom. The van der Waals surface area contributed by atoms with Crippen LogP contribution < -0.4 is 4.74 Å². The van der Waals surface area contributed by atoms with Gasteiger partial charge in [-0.05, 0) is 54.4 Å². The first kappa shape index (κ1) is 20.9. The number of ether oxygens (including phenoxy) is 1. The maximum Gasteiger partial charge on any atom is 0.253 e. The maximum atomic E-state index is 12.8. The van der Waals surface area contributed by atoms with E-state index in [1.54, 1.807) is 37.3 Å². The van der Waals surface area contributed by atoms with Gasteiger partial charge in [-0.1, -0.05) is 0 Å². The Balaban J connectivity index is 1.80. The normalized spacial score (nSPS) is 18.2. The number of amides is 1. The van der Waals surface area contributed by atoms with Gasteiger partial charge in [0.1, 0.15) is 5.75 Å². The largest absolute Gasteiger partial charge is 0.496 e. The Bertz CT molecular complexity index is 1020. The first-order valence-corrected chi connectivity index (χ1v) is 11.6. The van der Waals surface area contributed by atoms with Crippen molar-refractivity contribution in [1.82, 2.24) is 14.7 Å². The number of hydrogen-bond donors (Lipinski definition) is 0. The molecule has 0 saturated carbocycles. The van der Waals surface area contributed by atoms with Crippen LogP contribution in [0.15, 0.2) is 22.7 Å². The molecule has 0 bridgehead atoms. The summed E-state index contributed by atoms with van der Waals surface area (Å²) < 4.78 is 31.4. The van der Waals surface area contributed by atoms with E-state index >= 15 is 0 Å². The van der Waals surface area contributed by atoms with Gasteiger partial charge in [0, 0.05) is 30.4 Å². The number of hydrogen-bond acceptors (Lipinski definition) is 5. The van der Waals surface area contributed by atoms with Crippen molar-refractivity contribution in [3.05, 3.63) is 45.2 Å². The molecular formula is C19H24BrN3O4S. The first-order chi connectivity index (χ1) is 13.1. The highest BCUT2D eigenvalue weighted by molar-refractivity contribution is 9.10. The van der Waals surface area contributed by atoms with E-state index in [1.807, 2.05) is 18.5 Å². The second kappa shape index (κ2) is 7.87. The van der Waals surface area contributed by atoms with Gasteiger partial charge >= 0.3 is 0 Å². The second-order valence-corrected chi connectivity index (χ2v) is 10.2. The number of carbonyl (C=O) groups excluding carboxylic acids is 1. The molecule has 1 aromatic carbocycles. The molecule has 1 saturated heterocycles. The maximum absolute atomic E-state index is 12.8. The molecule has 28 heavy (non-hydrogen) atoms. The van der Waals surface area contributed by atoms with Gasteiger partial charge < -0.3 is 9.64 Å². The molecule has 0 radical (unpaired) electrons. The fourth-order valence-electron chi connectivity index (χ4n) is 3.58. The molecule has 152 valence electrons. The van der Waals surface area contributed by atoms with Gasteiger partial charge in [-0.15, -0.1) is 0 Å². The molecule has 1 atom stereocenters. The third kappa shape index (κ3) is 4.10. The molecule has 7 nitrogen and oxygen atoms in total. The van der Waals surface area contributed by atoms with E-state index in [2.05, 4.69) is 21.0 Å². The van der Waals surface area contributed by atoms with Gasteiger partial charge in [0.05, 0.1) is 34.8 Å². The van der Waals surface area contributed by atoms with Crippen molar-refractivity contribution in [3.63, 3.8) is 0 Å². The van der Waals surface area contributed by atoms with E-state index < -0.39 is 9.84 Å². The molecule has 0 aliphatic carbocycles. The third-order valence-corrected chi connectivity index (χ3v) is 7.54. The van der Waals surface area contributed by atoms with Gasteiger partial charge in [0.15, 0.2) is 9.84 Å². The molecule has 1 aromatic heterocycles. The predicted molar refractivity (Wildman–Crippen MR) is 111 cm³/mol. The Morgan fingerprint density at radius 3 is 2.68 bits per heavy atom. The summed E-state index contributed by atoms with van der Waals surface area (Å²) in [6.45, 7) is 4.23. The monoisotopic (exact) mass is 469 g/mol. The van der Waals surface area contributed by atoms with Crippen LogP contribution in [0.2, 0.25) is 0 Å². The SMILES string of the molecule is COc1ccc(C(=O)N(C)Cc2c(C)nn([C@H]3CCS(=O)(=O)C3)c2C)cc1Br. The zero-order valence-corrected chi connectivity index (χ0v) is 18.8. The molecule has 0 unspecified atom stereocenters. The molecule has 9 heteroatoms. The summed E-state index contributed by atoms with van der Waals surface area (Å²) in [4.78, 5) is 14.5. The lowest BCUT2D eigenvalue weighted by Crippen LogP contribution is -2.26. The summed E-state index contributed by atoms with van der Waals surface area (Å²) in [6, 6.07) is 5.09. The molecule has 1 aliphatic rings. The summed E-state index contributed by atoms with van der Waals surface area (Å²) in [5.74, 6) is 0.885. The number of sulfone groups is 1. The minimum atomic E-state index is -2.99. The van der Waals surface area contributed by atoms with Crippen molar-refractivity contribution in [2.45, 2.75) is 32.9 Å². The average molecular weight is 470 g/mol. The van der Waals surface area contributed by atoms with E-state index in [-0.39, 0.29) is 23.5 Å². The van der Waals surface area contributed by atoms with Crippen molar-refractivity contribution in [2.75, 3.05) is 25.7 Å². The van der Waals surface area contributed by atoms with E-state index in [4.69, 9.17) is 4.74 Å². The molecule has 2 heterocycles. The second-order valence-electron chi connectivity index (χ2n) is 7.16. The third-order valence-electron chi connectivity index (χ3n) is 5.17. The molecule has 1 aliphatic heterocycles. The minimum absolute atomic E-state index is 0.113. The number of carbonyl (C=O) groups is 1. The summed E-state index contributed by atoms with van der Waals surface area (Å²) >= 11 is 3.41. The van der Waals surface area contributed by atoms with E-state index in [9.17, 15) is 13.2 Å². The van der Waals surface area contributed by atoms with Crippen LogP contribution in [0.25, 0.3) is 0 Å². The Labute approximate surface area is 173 Å². The van der Waals surface area contributed by atoms with Crippen LogP contribution in [0.5, 0.6) is 5.75 Å². The number of rotatable bonds is 5. The van der Waals surface area contributed by atoms with Gasteiger partial charge in [0.25, 0.3) is 5.91 Å². The Hall–Kier alpha value is -1.87. The quantitative estimate of drug-likeness (QED) is 0.672. The summed E-state index contributed by atoms with van der Waals surface area (Å²) in [5, 5.41) is 4.57. The van der Waals surface area contributed by atoms with Crippen molar-refractivity contribution in [2.24, 2.45) is 0 Å². The fourth-order valence-corrected chi connectivity index (χ4v) is 5.81.